The molecule has 0 bridgehead atoms. The van der Waals surface area contributed by atoms with Crippen LogP contribution in [0.15, 0.2) is 102 Å². The first kappa shape index (κ1) is 28.3. The molecular weight excluding hydrogens is 498 g/mol. The largest absolute Gasteiger partial charge is 0.492 e. The van der Waals surface area contributed by atoms with Gasteiger partial charge in [0.15, 0.2) is 0 Å². The molecular formula is C33H35N5O2. The van der Waals surface area contributed by atoms with E-state index < -0.39 is 0 Å². The first-order valence-electron chi connectivity index (χ1n) is 13.3. The van der Waals surface area contributed by atoms with Crippen molar-refractivity contribution in [1.29, 1.82) is 0 Å². The summed E-state index contributed by atoms with van der Waals surface area (Å²) >= 11 is 0. The molecule has 0 aliphatic carbocycles. The summed E-state index contributed by atoms with van der Waals surface area (Å²) in [7, 11) is 4.07. The zero-order chi connectivity index (χ0) is 28.3. The maximum absolute atomic E-state index is 12.3. The Morgan fingerprint density at radius 1 is 0.900 bits per heavy atom. The molecule has 7 heteroatoms. The molecule has 4 rings (SSSR count). The molecule has 3 N–H and O–H groups in total. The average Bonchev–Trinajstić information content (AvgIpc) is 2.97. The third-order valence-corrected chi connectivity index (χ3v) is 6.36. The summed E-state index contributed by atoms with van der Waals surface area (Å²) < 4.78 is 5.92. The molecule has 0 aliphatic heterocycles. The number of carbonyl (C=O) groups excluding carboxylic acids is 1. The predicted molar refractivity (Wildman–Crippen MR) is 163 cm³/mol. The van der Waals surface area contributed by atoms with E-state index in [4.69, 9.17) is 10.5 Å². The number of nitrogens with one attached hydrogen (secondary N) is 1. The van der Waals surface area contributed by atoms with Crippen LogP contribution in [0.25, 0.3) is 11.1 Å². The van der Waals surface area contributed by atoms with Gasteiger partial charge in [-0.1, -0.05) is 73.7 Å². The highest BCUT2D eigenvalue weighted by atomic mass is 16.5. The Morgan fingerprint density at radius 3 is 2.15 bits per heavy atom. The molecule has 40 heavy (non-hydrogen) atoms. The Labute approximate surface area is 236 Å². The topological polar surface area (TPSA) is 92.8 Å². The highest BCUT2D eigenvalue weighted by Crippen LogP contribution is 2.35. The van der Waals surface area contributed by atoms with Crippen LogP contribution in [0.4, 0.5) is 5.82 Å². The fraction of sp³-hybridized carbons (Fsp3) is 0.182. The van der Waals surface area contributed by atoms with Crippen LogP contribution in [-0.2, 0) is 0 Å². The summed E-state index contributed by atoms with van der Waals surface area (Å²) in [6, 6.07) is 30.1. The number of anilines is 1. The van der Waals surface area contributed by atoms with Crippen LogP contribution in [0.3, 0.4) is 0 Å². The van der Waals surface area contributed by atoms with E-state index in [-0.39, 0.29) is 5.91 Å². The number of rotatable bonds is 11. The van der Waals surface area contributed by atoms with Gasteiger partial charge in [-0.15, -0.1) is 0 Å². The number of hydrogen-bond donors (Lipinski definition) is 2. The van der Waals surface area contributed by atoms with Gasteiger partial charge in [0.2, 0.25) is 0 Å². The normalized spacial score (nSPS) is 11.9. The first-order chi connectivity index (χ1) is 19.4. The standard InChI is InChI=1S/C33H35N5O2/c1-4-30(25-8-6-5-7-9-25)32(27-14-17-29(18-15-27)40-21-20-38(2)3)26-12-10-24(11-13-26)22-36-37-33(39)28-16-19-31(34)35-23-28/h5-19,22-23H,4,20-21H2,1-3H3,(H2,34,35)(H,37,39)/b32-30-,36-22+. The summed E-state index contributed by atoms with van der Waals surface area (Å²) in [6.45, 7) is 3.68. The second-order valence-electron chi connectivity index (χ2n) is 9.54. The number of nitrogens with zero attached hydrogens (tertiary/aromatic N) is 3. The van der Waals surface area contributed by atoms with E-state index in [1.807, 2.05) is 44.4 Å². The Hall–Kier alpha value is -4.75. The van der Waals surface area contributed by atoms with Gasteiger partial charge in [-0.05, 0) is 78.2 Å². The molecule has 0 fully saturated rings. The van der Waals surface area contributed by atoms with Gasteiger partial charge in [0.25, 0.3) is 5.91 Å². The van der Waals surface area contributed by atoms with E-state index in [0.717, 1.165) is 35.4 Å². The second-order valence-corrected chi connectivity index (χ2v) is 9.54. The highest BCUT2D eigenvalue weighted by molar-refractivity contribution is 5.99. The first-order valence-corrected chi connectivity index (χ1v) is 13.3. The number of pyridine rings is 1. The van der Waals surface area contributed by atoms with Gasteiger partial charge in [-0.2, -0.15) is 5.10 Å². The number of carbonyl (C=O) groups is 1. The maximum Gasteiger partial charge on any atom is 0.272 e. The number of likely N-dealkylation sites (N-methyl/N-ethyl adjacent to an activating group) is 1. The van der Waals surface area contributed by atoms with Crippen molar-refractivity contribution < 1.29 is 9.53 Å². The van der Waals surface area contributed by atoms with Crippen molar-refractivity contribution in [3.63, 3.8) is 0 Å². The van der Waals surface area contributed by atoms with Gasteiger partial charge in [0.05, 0.1) is 11.8 Å². The van der Waals surface area contributed by atoms with Gasteiger partial charge in [-0.3, -0.25) is 4.79 Å². The summed E-state index contributed by atoms with van der Waals surface area (Å²) in [6.07, 6.45) is 3.91. The van der Waals surface area contributed by atoms with Crippen molar-refractivity contribution in [2.24, 2.45) is 5.10 Å². The molecule has 3 aromatic carbocycles. The zero-order valence-electron chi connectivity index (χ0n) is 23.2. The number of aromatic nitrogens is 1. The fourth-order valence-electron chi connectivity index (χ4n) is 4.25. The SMILES string of the molecule is CC/C(=C(\c1ccc(/C=N/NC(=O)c2ccc(N)nc2)cc1)c1ccc(OCCN(C)C)cc1)c1ccccc1. The summed E-state index contributed by atoms with van der Waals surface area (Å²) in [5.74, 6) is 0.859. The van der Waals surface area contributed by atoms with E-state index >= 15 is 0 Å². The van der Waals surface area contributed by atoms with E-state index in [9.17, 15) is 4.79 Å². The quantitative estimate of drug-likeness (QED) is 0.146. The van der Waals surface area contributed by atoms with E-state index in [1.165, 1.54) is 22.9 Å². The lowest BCUT2D eigenvalue weighted by molar-refractivity contribution is 0.0955. The smallest absolute Gasteiger partial charge is 0.272 e. The molecule has 1 aromatic heterocycles. The molecule has 0 saturated carbocycles. The molecule has 0 radical (unpaired) electrons. The van der Waals surface area contributed by atoms with Crippen LogP contribution >= 0.6 is 0 Å². The average molecular weight is 534 g/mol. The van der Waals surface area contributed by atoms with Crippen LogP contribution in [0.2, 0.25) is 0 Å². The predicted octanol–water partition coefficient (Wildman–Crippen LogP) is 5.74. The molecule has 0 spiro atoms. The van der Waals surface area contributed by atoms with Gasteiger partial charge in [-0.25, -0.2) is 10.4 Å². The van der Waals surface area contributed by atoms with Gasteiger partial charge < -0.3 is 15.4 Å². The Bertz CT molecular complexity index is 1440. The van der Waals surface area contributed by atoms with Crippen molar-refractivity contribution >= 4 is 29.1 Å². The van der Waals surface area contributed by atoms with Crippen LogP contribution in [0.1, 0.15) is 46.0 Å². The number of hydrogen-bond acceptors (Lipinski definition) is 6. The molecule has 7 nitrogen and oxygen atoms in total. The lowest BCUT2D eigenvalue weighted by atomic mass is 9.88. The van der Waals surface area contributed by atoms with Crippen LogP contribution in [0.5, 0.6) is 5.75 Å². The van der Waals surface area contributed by atoms with Crippen LogP contribution < -0.4 is 15.9 Å². The van der Waals surface area contributed by atoms with Crippen molar-refractivity contribution in [3.8, 4) is 5.75 Å². The third kappa shape index (κ3) is 7.65. The molecule has 0 unspecified atom stereocenters. The second kappa shape index (κ2) is 13.9. The Morgan fingerprint density at radius 2 is 1.55 bits per heavy atom. The van der Waals surface area contributed by atoms with E-state index in [1.54, 1.807) is 18.3 Å². The number of benzene rings is 3. The number of nitrogen functional groups attached to an aromatic ring is 1. The van der Waals surface area contributed by atoms with E-state index in [2.05, 4.69) is 75.9 Å². The fourth-order valence-corrected chi connectivity index (χ4v) is 4.25. The number of ether oxygens (including phenoxy) is 1. The highest BCUT2D eigenvalue weighted by Gasteiger charge is 2.13. The Kier molecular flexibility index (Phi) is 9.80. The molecule has 0 saturated heterocycles. The minimum absolute atomic E-state index is 0.352. The molecule has 204 valence electrons. The minimum Gasteiger partial charge on any atom is -0.492 e. The summed E-state index contributed by atoms with van der Waals surface area (Å²) in [5, 5.41) is 4.10. The lowest BCUT2D eigenvalue weighted by Gasteiger charge is -2.17. The number of nitrogens with two attached hydrogens (primary N) is 1. The van der Waals surface area contributed by atoms with E-state index in [0.29, 0.717) is 18.0 Å². The van der Waals surface area contributed by atoms with Crippen molar-refractivity contribution in [3.05, 3.63) is 125 Å². The molecule has 4 aromatic rings. The lowest BCUT2D eigenvalue weighted by Crippen LogP contribution is -2.19. The minimum atomic E-state index is -0.352. The van der Waals surface area contributed by atoms with Crippen LogP contribution in [0, 0.1) is 0 Å². The Balaban J connectivity index is 1.58. The summed E-state index contributed by atoms with van der Waals surface area (Å²) in [5.41, 5.74) is 15.2. The van der Waals surface area contributed by atoms with Gasteiger partial charge >= 0.3 is 0 Å². The van der Waals surface area contributed by atoms with Crippen molar-refractivity contribution in [1.82, 2.24) is 15.3 Å². The summed E-state index contributed by atoms with van der Waals surface area (Å²) in [4.78, 5) is 18.3. The zero-order valence-corrected chi connectivity index (χ0v) is 23.2. The number of allylic oxidation sites excluding steroid dienone is 1. The molecule has 0 aliphatic rings. The van der Waals surface area contributed by atoms with Crippen molar-refractivity contribution in [2.75, 3.05) is 33.0 Å². The van der Waals surface area contributed by atoms with Crippen LogP contribution in [-0.4, -0.2) is 49.3 Å². The number of amides is 1. The number of hydrazone groups is 1. The molecule has 1 amide bonds. The maximum atomic E-state index is 12.3. The third-order valence-electron chi connectivity index (χ3n) is 6.36. The molecule has 0 atom stereocenters. The van der Waals surface area contributed by atoms with Gasteiger partial charge in [0, 0.05) is 12.7 Å². The molecule has 1 heterocycles. The van der Waals surface area contributed by atoms with Crippen molar-refractivity contribution in [2.45, 2.75) is 13.3 Å². The van der Waals surface area contributed by atoms with Gasteiger partial charge in [0.1, 0.15) is 18.2 Å². The monoisotopic (exact) mass is 533 g/mol.